The first-order chi connectivity index (χ1) is 6.56. The lowest BCUT2D eigenvalue weighted by atomic mass is 9.65. The molecule has 0 spiro atoms. The van der Waals surface area contributed by atoms with Crippen LogP contribution >= 0.6 is 0 Å². The minimum atomic E-state index is -4.27. The first-order valence-corrected chi connectivity index (χ1v) is 7.04. The van der Waals surface area contributed by atoms with Gasteiger partial charge in [-0.25, -0.2) is 0 Å². The van der Waals surface area contributed by atoms with Gasteiger partial charge in [0.25, 0.3) is 0 Å². The Balaban J connectivity index is 1.97. The Bertz CT molecular complexity index is 277. The first-order valence-electron chi connectivity index (χ1n) is 5.48. The molecular weight excluding hydrogens is 203 g/mol. The fourth-order valence-corrected chi connectivity index (χ4v) is 3.63. The molecule has 2 saturated carbocycles. The normalized spacial score (nSPS) is 24.7. The second kappa shape index (κ2) is 3.80. The third-order valence-corrected chi connectivity index (χ3v) is 4.69. The third-order valence-electron chi connectivity index (χ3n) is 3.90. The van der Waals surface area contributed by atoms with Gasteiger partial charge in [-0.05, 0) is 17.8 Å². The van der Waals surface area contributed by atoms with E-state index in [1.165, 1.54) is 12.8 Å². The predicted molar refractivity (Wildman–Crippen MR) is 53.1 cm³/mol. The van der Waals surface area contributed by atoms with Crippen LogP contribution in [0.2, 0.25) is 0 Å². The summed E-state index contributed by atoms with van der Waals surface area (Å²) in [7, 11) is -4.27. The Labute approximate surface area is 85.1 Å². The van der Waals surface area contributed by atoms with Crippen molar-refractivity contribution < 1.29 is 12.3 Å². The highest BCUT2D eigenvalue weighted by molar-refractivity contribution is 7.86. The summed E-state index contributed by atoms with van der Waals surface area (Å²) in [4.78, 5) is 0. The van der Waals surface area contributed by atoms with Gasteiger partial charge >= 0.3 is 10.2 Å². The van der Waals surface area contributed by atoms with Crippen molar-refractivity contribution in [2.75, 3.05) is 5.75 Å². The van der Waals surface area contributed by atoms with Crippen molar-refractivity contribution in [3.8, 4) is 0 Å². The molecule has 2 rings (SSSR count). The molecule has 0 amide bonds. The maximum atomic E-state index is 12.7. The van der Waals surface area contributed by atoms with Gasteiger partial charge in [0, 0.05) is 0 Å². The summed E-state index contributed by atoms with van der Waals surface area (Å²) in [5.41, 5.74) is 0. The minimum Gasteiger partial charge on any atom is -0.195 e. The topological polar surface area (TPSA) is 34.1 Å². The van der Waals surface area contributed by atoms with Crippen LogP contribution in [0.1, 0.15) is 38.5 Å². The van der Waals surface area contributed by atoms with E-state index in [0.717, 1.165) is 25.7 Å². The molecule has 82 valence electrons. The van der Waals surface area contributed by atoms with Gasteiger partial charge in [0.05, 0.1) is 5.75 Å². The molecule has 0 aliphatic heterocycles. The lowest BCUT2D eigenvalue weighted by molar-refractivity contribution is 0.109. The van der Waals surface area contributed by atoms with Gasteiger partial charge in [0.15, 0.2) is 0 Å². The van der Waals surface area contributed by atoms with Crippen molar-refractivity contribution in [2.45, 2.75) is 38.5 Å². The molecule has 0 unspecified atom stereocenters. The Kier molecular flexibility index (Phi) is 2.82. The molecule has 2 fully saturated rings. The lowest BCUT2D eigenvalue weighted by Crippen LogP contribution is -2.36. The van der Waals surface area contributed by atoms with Crippen LogP contribution in [-0.4, -0.2) is 14.2 Å². The van der Waals surface area contributed by atoms with Crippen molar-refractivity contribution in [3.05, 3.63) is 0 Å². The Morgan fingerprint density at radius 1 is 1.07 bits per heavy atom. The smallest absolute Gasteiger partial charge is 0.195 e. The molecule has 0 atom stereocenters. The molecule has 2 aliphatic carbocycles. The third kappa shape index (κ3) is 2.27. The van der Waals surface area contributed by atoms with Crippen molar-refractivity contribution in [1.29, 1.82) is 0 Å². The molecule has 0 aromatic heterocycles. The summed E-state index contributed by atoms with van der Waals surface area (Å²) >= 11 is 0. The van der Waals surface area contributed by atoms with E-state index >= 15 is 0 Å². The standard InChI is InChI=1S/C10H17FO2S/c11-14(12,13)7-10(8-3-1-4-8)9-5-2-6-9/h8-10H,1-7H2. The average Bonchev–Trinajstić information content (AvgIpc) is 1.72. The summed E-state index contributed by atoms with van der Waals surface area (Å²) in [6.07, 6.45) is 6.82. The van der Waals surface area contributed by atoms with Crippen LogP contribution in [0.25, 0.3) is 0 Å². The minimum absolute atomic E-state index is 0.118. The number of hydrogen-bond acceptors (Lipinski definition) is 2. The Morgan fingerprint density at radius 2 is 1.50 bits per heavy atom. The van der Waals surface area contributed by atoms with E-state index in [2.05, 4.69) is 0 Å². The largest absolute Gasteiger partial charge is 0.302 e. The van der Waals surface area contributed by atoms with Gasteiger partial charge in [-0.3, -0.25) is 0 Å². The number of rotatable bonds is 4. The van der Waals surface area contributed by atoms with Gasteiger partial charge in [0.2, 0.25) is 0 Å². The molecule has 0 saturated heterocycles. The van der Waals surface area contributed by atoms with E-state index < -0.39 is 10.2 Å². The summed E-state index contributed by atoms with van der Waals surface area (Å²) in [5.74, 6) is 0.881. The molecular formula is C10H17FO2S. The maximum Gasteiger partial charge on any atom is 0.302 e. The van der Waals surface area contributed by atoms with Crippen LogP contribution in [0.15, 0.2) is 0 Å². The molecule has 0 aromatic carbocycles. The number of halogens is 1. The summed E-state index contributed by atoms with van der Waals surface area (Å²) in [6, 6.07) is 0. The van der Waals surface area contributed by atoms with E-state index in [-0.39, 0.29) is 11.7 Å². The van der Waals surface area contributed by atoms with Crippen LogP contribution in [-0.2, 0) is 10.2 Å². The second-order valence-electron chi connectivity index (χ2n) is 4.75. The van der Waals surface area contributed by atoms with Crippen molar-refractivity contribution in [1.82, 2.24) is 0 Å². The summed E-state index contributed by atoms with van der Waals surface area (Å²) < 4.78 is 34.0. The Hall–Kier alpha value is -0.120. The van der Waals surface area contributed by atoms with Crippen LogP contribution in [0.5, 0.6) is 0 Å². The maximum absolute atomic E-state index is 12.7. The van der Waals surface area contributed by atoms with Gasteiger partial charge in [-0.2, -0.15) is 8.42 Å². The predicted octanol–water partition coefficient (Wildman–Crippen LogP) is 2.50. The van der Waals surface area contributed by atoms with E-state index in [1.807, 2.05) is 0 Å². The molecule has 0 heterocycles. The molecule has 0 radical (unpaired) electrons. The van der Waals surface area contributed by atoms with E-state index in [9.17, 15) is 12.3 Å². The van der Waals surface area contributed by atoms with Gasteiger partial charge < -0.3 is 0 Å². The van der Waals surface area contributed by atoms with E-state index in [4.69, 9.17) is 0 Å². The van der Waals surface area contributed by atoms with Crippen LogP contribution in [0.4, 0.5) is 3.89 Å². The highest BCUT2D eigenvalue weighted by Crippen LogP contribution is 2.45. The summed E-state index contributed by atoms with van der Waals surface area (Å²) in [5, 5.41) is 0. The van der Waals surface area contributed by atoms with Crippen molar-refractivity contribution in [3.63, 3.8) is 0 Å². The molecule has 2 aliphatic rings. The highest BCUT2D eigenvalue weighted by atomic mass is 32.3. The fourth-order valence-electron chi connectivity index (χ4n) is 2.62. The molecule has 0 aromatic rings. The van der Waals surface area contributed by atoms with Gasteiger partial charge in [0.1, 0.15) is 0 Å². The molecule has 2 nitrogen and oxygen atoms in total. The highest BCUT2D eigenvalue weighted by Gasteiger charge is 2.38. The van der Waals surface area contributed by atoms with E-state index in [1.54, 1.807) is 0 Å². The van der Waals surface area contributed by atoms with Crippen LogP contribution in [0.3, 0.4) is 0 Å². The molecule has 0 bridgehead atoms. The van der Waals surface area contributed by atoms with Gasteiger partial charge in [-0.15, -0.1) is 3.89 Å². The van der Waals surface area contributed by atoms with Crippen LogP contribution < -0.4 is 0 Å². The molecule has 0 N–H and O–H groups in total. The van der Waals surface area contributed by atoms with Crippen LogP contribution in [0, 0.1) is 17.8 Å². The fraction of sp³-hybridized carbons (Fsp3) is 1.00. The van der Waals surface area contributed by atoms with Crippen molar-refractivity contribution in [2.24, 2.45) is 17.8 Å². The lowest BCUT2D eigenvalue weighted by Gasteiger charge is -2.41. The SMILES string of the molecule is O=S(=O)(F)CC(C1CCC1)C1CCC1. The monoisotopic (exact) mass is 220 g/mol. The van der Waals surface area contributed by atoms with Crippen molar-refractivity contribution >= 4 is 10.2 Å². The number of hydrogen-bond donors (Lipinski definition) is 0. The zero-order valence-corrected chi connectivity index (χ0v) is 9.10. The van der Waals surface area contributed by atoms with Gasteiger partial charge in [-0.1, -0.05) is 38.5 Å². The zero-order chi connectivity index (χ0) is 10.2. The molecule has 14 heavy (non-hydrogen) atoms. The second-order valence-corrected chi connectivity index (χ2v) is 6.16. The first kappa shape index (κ1) is 10.4. The average molecular weight is 220 g/mol. The quantitative estimate of drug-likeness (QED) is 0.682. The summed E-state index contributed by atoms with van der Waals surface area (Å²) in [6.45, 7) is 0. The Morgan fingerprint density at radius 3 is 1.71 bits per heavy atom. The van der Waals surface area contributed by atoms with E-state index in [0.29, 0.717) is 11.8 Å². The zero-order valence-electron chi connectivity index (χ0n) is 8.28. The molecule has 4 heteroatoms.